The third kappa shape index (κ3) is 7.38. The van der Waals surface area contributed by atoms with Gasteiger partial charge in [0.05, 0.1) is 46.5 Å². The molecule has 2 aliphatic heterocycles. The Morgan fingerprint density at radius 2 is 1.03 bits per heavy atom. The minimum absolute atomic E-state index is 0.131. The summed E-state index contributed by atoms with van der Waals surface area (Å²) in [5, 5.41) is 0.980. The normalized spacial score (nSPS) is 17.5. The molecule has 6 heterocycles. The first-order valence-corrected chi connectivity index (χ1v) is 20.5. The Hall–Kier alpha value is -5.14. The van der Waals surface area contributed by atoms with E-state index in [0.29, 0.717) is 60.5 Å². The zero-order chi connectivity index (χ0) is 40.8. The van der Waals surface area contributed by atoms with E-state index in [0.717, 1.165) is 70.7 Å². The lowest BCUT2D eigenvalue weighted by Gasteiger charge is -2.18. The van der Waals surface area contributed by atoms with Crippen LogP contribution in [0.4, 0.5) is 0 Å². The fourth-order valence-electron chi connectivity index (χ4n) is 8.44. The summed E-state index contributed by atoms with van der Waals surface area (Å²) in [5.41, 5.74) is 6.97. The molecular weight excluding hydrogens is 779 g/mol. The second-order valence-electron chi connectivity index (χ2n) is 15.3. The highest BCUT2D eigenvalue weighted by molar-refractivity contribution is 6.39. The summed E-state index contributed by atoms with van der Waals surface area (Å²) in [7, 11) is 3.55. The lowest BCUT2D eigenvalue weighted by atomic mass is 9.97. The van der Waals surface area contributed by atoms with Crippen LogP contribution >= 0.6 is 23.2 Å². The van der Waals surface area contributed by atoms with Crippen molar-refractivity contribution in [1.29, 1.82) is 0 Å². The van der Waals surface area contributed by atoms with Gasteiger partial charge < -0.3 is 27.4 Å². The topological polar surface area (TPSA) is 112 Å². The minimum atomic E-state index is -0.168. The summed E-state index contributed by atoms with van der Waals surface area (Å²) in [4.78, 5) is 56.2. The first-order chi connectivity index (χ1) is 27.9. The number of hydrogen-bond donors (Lipinski definition) is 0. The van der Waals surface area contributed by atoms with Crippen LogP contribution in [-0.2, 0) is 46.2 Å². The van der Waals surface area contributed by atoms with Gasteiger partial charge >= 0.3 is 11.9 Å². The molecule has 0 spiro atoms. The van der Waals surface area contributed by atoms with E-state index >= 15 is 0 Å². The first kappa shape index (κ1) is 39.7. The van der Waals surface area contributed by atoms with Gasteiger partial charge in [-0.05, 0) is 51.9 Å². The standard InChI is InChI=1S/C44H46Cl2N6O6/c1-5-57-43(55)27-13-15-49(19-27)23-31-25-51-21-29(17-37(51)41(53)47(31)3)33-9-7-11-35(39(33)45)36-12-8-10-34(40(36)46)30-18-38-42(54)48(4)32(26-52(38)22-30)24-50-16-14-28(20-50)44(56)58-6-2/h7-12,17-18,21-22,25-28H,5-6,13-16,19-20,23-24H2,1-4H3/t27-,28-/m0/s1. The molecule has 2 fully saturated rings. The predicted molar refractivity (Wildman–Crippen MR) is 225 cm³/mol. The van der Waals surface area contributed by atoms with Gasteiger partial charge in [-0.1, -0.05) is 59.6 Å². The van der Waals surface area contributed by atoms with E-state index in [2.05, 4.69) is 9.80 Å². The van der Waals surface area contributed by atoms with Gasteiger partial charge in [0.25, 0.3) is 11.1 Å². The molecular formula is C44H46Cl2N6O6. The SMILES string of the molecule is CCOC(=O)[C@H]1CCN(Cc2cn3cc(-c4cccc(-c5cccc(-c6cc7c(=O)n(C)c(CN8CC[C@H](C(=O)OCC)C8)cn7c6)c5Cl)c4Cl)cc3c(=O)n2C)C1. The van der Waals surface area contributed by atoms with E-state index < -0.39 is 0 Å². The third-order valence-electron chi connectivity index (χ3n) is 11.6. The quantitative estimate of drug-likeness (QED) is 0.133. The number of fused-ring (bicyclic) bond motifs is 2. The van der Waals surface area contributed by atoms with Crippen molar-refractivity contribution in [2.75, 3.05) is 39.4 Å². The van der Waals surface area contributed by atoms with Crippen molar-refractivity contribution in [3.8, 4) is 33.4 Å². The maximum atomic E-state index is 13.6. The molecule has 2 aliphatic rings. The average molecular weight is 826 g/mol. The molecule has 2 aromatic carbocycles. The average Bonchev–Trinajstić information content (AvgIpc) is 4.04. The molecule has 0 aliphatic carbocycles. The van der Waals surface area contributed by atoms with Crippen molar-refractivity contribution >= 4 is 46.2 Å². The molecule has 2 atom stereocenters. The number of aromatic nitrogens is 4. The molecule has 2 saturated heterocycles. The van der Waals surface area contributed by atoms with E-state index in [-0.39, 0.29) is 34.9 Å². The largest absolute Gasteiger partial charge is 0.466 e. The Labute approximate surface area is 345 Å². The Morgan fingerprint density at radius 3 is 1.43 bits per heavy atom. The van der Waals surface area contributed by atoms with Crippen molar-refractivity contribution < 1.29 is 19.1 Å². The minimum Gasteiger partial charge on any atom is -0.466 e. The summed E-state index contributed by atoms with van der Waals surface area (Å²) in [6.07, 6.45) is 9.21. The maximum Gasteiger partial charge on any atom is 0.310 e. The number of halogens is 2. The molecule has 0 bridgehead atoms. The summed E-state index contributed by atoms with van der Waals surface area (Å²) >= 11 is 14.4. The number of rotatable bonds is 11. The van der Waals surface area contributed by atoms with Crippen LogP contribution in [0.15, 0.2) is 82.9 Å². The van der Waals surface area contributed by atoms with Crippen molar-refractivity contribution in [2.45, 2.75) is 39.8 Å². The Bertz CT molecular complexity index is 2510. The van der Waals surface area contributed by atoms with Crippen LogP contribution < -0.4 is 11.1 Å². The number of likely N-dealkylation sites (tertiary alicyclic amines) is 2. The summed E-state index contributed by atoms with van der Waals surface area (Å²) in [6, 6.07) is 15.3. The molecule has 14 heteroatoms. The predicted octanol–water partition coefficient (Wildman–Crippen LogP) is 6.67. The number of hydrogen-bond acceptors (Lipinski definition) is 8. The lowest BCUT2D eigenvalue weighted by molar-refractivity contribution is -0.148. The number of benzene rings is 2. The Morgan fingerprint density at radius 1 is 0.638 bits per heavy atom. The highest BCUT2D eigenvalue weighted by Gasteiger charge is 2.31. The molecule has 302 valence electrons. The zero-order valence-corrected chi connectivity index (χ0v) is 34.6. The van der Waals surface area contributed by atoms with Crippen molar-refractivity contribution in [3.63, 3.8) is 0 Å². The zero-order valence-electron chi connectivity index (χ0n) is 33.0. The van der Waals surface area contributed by atoms with Crippen LogP contribution in [0.3, 0.4) is 0 Å². The first-order valence-electron chi connectivity index (χ1n) is 19.7. The highest BCUT2D eigenvalue weighted by atomic mass is 35.5. The van der Waals surface area contributed by atoms with E-state index in [1.807, 2.05) is 96.0 Å². The van der Waals surface area contributed by atoms with Gasteiger partial charge in [0.15, 0.2) is 0 Å². The number of nitrogens with zero attached hydrogens (tertiary/aromatic N) is 6. The number of carbonyl (C=O) groups is 2. The molecule has 4 aromatic heterocycles. The molecule has 12 nitrogen and oxygen atoms in total. The molecule has 0 radical (unpaired) electrons. The maximum absolute atomic E-state index is 13.6. The van der Waals surface area contributed by atoms with Gasteiger partial charge in [0, 0.05) is 98.4 Å². The molecule has 0 N–H and O–H groups in total. The summed E-state index contributed by atoms with van der Waals surface area (Å²) in [5.74, 6) is -0.654. The molecule has 8 rings (SSSR count). The molecule has 0 unspecified atom stereocenters. The summed E-state index contributed by atoms with van der Waals surface area (Å²) in [6.45, 7) is 8.09. The van der Waals surface area contributed by atoms with E-state index in [1.165, 1.54) is 0 Å². The number of esters is 2. The van der Waals surface area contributed by atoms with Crippen molar-refractivity contribution in [2.24, 2.45) is 25.9 Å². The van der Waals surface area contributed by atoms with E-state index in [1.54, 1.807) is 23.2 Å². The second-order valence-corrected chi connectivity index (χ2v) is 16.0. The highest BCUT2D eigenvalue weighted by Crippen LogP contribution is 2.43. The smallest absolute Gasteiger partial charge is 0.310 e. The van der Waals surface area contributed by atoms with Gasteiger partial charge in [0.1, 0.15) is 11.0 Å². The van der Waals surface area contributed by atoms with Crippen LogP contribution in [0.25, 0.3) is 44.4 Å². The van der Waals surface area contributed by atoms with Crippen LogP contribution in [-0.4, -0.2) is 79.1 Å². The van der Waals surface area contributed by atoms with Crippen molar-refractivity contribution in [1.82, 2.24) is 27.7 Å². The van der Waals surface area contributed by atoms with Gasteiger partial charge in [-0.2, -0.15) is 0 Å². The van der Waals surface area contributed by atoms with Gasteiger partial charge in [-0.15, -0.1) is 0 Å². The Balaban J connectivity index is 1.06. The monoisotopic (exact) mass is 824 g/mol. The molecule has 6 aromatic rings. The number of ether oxygens (including phenoxy) is 2. The van der Waals surface area contributed by atoms with E-state index in [9.17, 15) is 19.2 Å². The second kappa shape index (κ2) is 16.2. The summed E-state index contributed by atoms with van der Waals surface area (Å²) < 4.78 is 17.5. The van der Waals surface area contributed by atoms with Gasteiger partial charge in [-0.3, -0.25) is 29.0 Å². The van der Waals surface area contributed by atoms with Crippen LogP contribution in [0, 0.1) is 11.8 Å². The Kier molecular flexibility index (Phi) is 11.1. The molecule has 58 heavy (non-hydrogen) atoms. The van der Waals surface area contributed by atoms with E-state index in [4.69, 9.17) is 32.7 Å². The van der Waals surface area contributed by atoms with Gasteiger partial charge in [0.2, 0.25) is 0 Å². The lowest BCUT2D eigenvalue weighted by Crippen LogP contribution is -2.29. The van der Waals surface area contributed by atoms with Gasteiger partial charge in [-0.25, -0.2) is 0 Å². The van der Waals surface area contributed by atoms with Crippen molar-refractivity contribution in [3.05, 3.63) is 115 Å². The van der Waals surface area contributed by atoms with Crippen LogP contribution in [0.5, 0.6) is 0 Å². The fraction of sp³-hybridized carbons (Fsp3) is 0.364. The fourth-order valence-corrected chi connectivity index (χ4v) is 9.12. The molecule has 0 saturated carbocycles. The third-order valence-corrected chi connectivity index (χ3v) is 12.5. The molecule has 0 amide bonds. The van der Waals surface area contributed by atoms with Crippen LogP contribution in [0.2, 0.25) is 10.0 Å². The number of carbonyl (C=O) groups excluding carboxylic acids is 2. The van der Waals surface area contributed by atoms with Crippen LogP contribution in [0.1, 0.15) is 38.1 Å².